The molecule has 154 valence electrons. The van der Waals surface area contributed by atoms with E-state index in [4.69, 9.17) is 39.2 Å². The minimum atomic E-state index is -0.213. The van der Waals surface area contributed by atoms with Crippen LogP contribution in [-0.2, 0) is 11.3 Å². The number of halogens is 3. The van der Waals surface area contributed by atoms with E-state index in [0.717, 1.165) is 5.39 Å². The molecule has 0 aliphatic carbocycles. The highest BCUT2D eigenvalue weighted by molar-refractivity contribution is 7.99. The number of benzene rings is 2. The molecule has 0 spiro atoms. The van der Waals surface area contributed by atoms with E-state index in [1.54, 1.807) is 24.3 Å². The number of nitrogens with zero attached hydrogens (tertiary/aromatic N) is 3. The van der Waals surface area contributed by atoms with Crippen molar-refractivity contribution in [2.45, 2.75) is 18.6 Å². The third kappa shape index (κ3) is 4.44. The number of rotatable bonds is 6. The van der Waals surface area contributed by atoms with Crippen LogP contribution in [0.3, 0.4) is 0 Å². The Hall–Kier alpha value is -2.19. The molecule has 1 N–H and O–H groups in total. The second kappa shape index (κ2) is 8.89. The summed E-state index contributed by atoms with van der Waals surface area (Å²) in [5.41, 5.74) is 1.22. The molecule has 4 rings (SSSR count). The van der Waals surface area contributed by atoms with Crippen molar-refractivity contribution < 1.29 is 9.21 Å². The van der Waals surface area contributed by atoms with Crippen molar-refractivity contribution >= 4 is 69.1 Å². The quantitative estimate of drug-likeness (QED) is 0.322. The standard InChI is InChI=1S/C20H15Cl3N4O2S/c1-2-27-19(17-8-11-7-12(21)4-6-16(11)29-17)25-26-20(27)30-10-18(28)24-15-5-3-13(22)9-14(15)23/h3-9H,2,10H2,1H3,(H,24,28). The number of anilines is 1. The van der Waals surface area contributed by atoms with E-state index in [1.165, 1.54) is 11.8 Å². The fraction of sp³-hybridized carbons (Fsp3) is 0.150. The predicted octanol–water partition coefficient (Wildman–Crippen LogP) is 6.40. The third-order valence-corrected chi connectivity index (χ3v) is 6.02. The van der Waals surface area contributed by atoms with Gasteiger partial charge in [0.05, 0.1) is 16.5 Å². The minimum absolute atomic E-state index is 0.146. The zero-order chi connectivity index (χ0) is 21.3. The molecule has 4 aromatic rings. The molecule has 1 amide bonds. The van der Waals surface area contributed by atoms with Crippen LogP contribution in [0.15, 0.2) is 52.0 Å². The summed E-state index contributed by atoms with van der Waals surface area (Å²) < 4.78 is 7.79. The average molecular weight is 482 g/mol. The topological polar surface area (TPSA) is 73.0 Å². The Bertz CT molecular complexity index is 1240. The Morgan fingerprint density at radius 2 is 1.87 bits per heavy atom. The molecule has 6 nitrogen and oxygen atoms in total. The van der Waals surface area contributed by atoms with E-state index in [2.05, 4.69) is 15.5 Å². The summed E-state index contributed by atoms with van der Waals surface area (Å²) in [5.74, 6) is 1.11. The molecule has 2 aromatic heterocycles. The van der Waals surface area contributed by atoms with Gasteiger partial charge in [0.1, 0.15) is 5.58 Å². The number of carbonyl (C=O) groups is 1. The van der Waals surface area contributed by atoms with E-state index < -0.39 is 0 Å². The summed E-state index contributed by atoms with van der Waals surface area (Å²) in [5, 5.41) is 14.3. The van der Waals surface area contributed by atoms with Crippen molar-refractivity contribution in [1.82, 2.24) is 14.8 Å². The highest BCUT2D eigenvalue weighted by Crippen LogP contribution is 2.31. The van der Waals surface area contributed by atoms with Crippen molar-refractivity contribution in [3.8, 4) is 11.6 Å². The SMILES string of the molecule is CCn1c(SCC(=O)Nc2ccc(Cl)cc2Cl)nnc1-c1cc2cc(Cl)ccc2o1. The maximum Gasteiger partial charge on any atom is 0.234 e. The smallest absolute Gasteiger partial charge is 0.234 e. The largest absolute Gasteiger partial charge is 0.453 e. The number of amides is 1. The minimum Gasteiger partial charge on any atom is -0.453 e. The Balaban J connectivity index is 1.49. The van der Waals surface area contributed by atoms with Crippen molar-refractivity contribution in [2.24, 2.45) is 0 Å². The molecule has 0 saturated heterocycles. The summed E-state index contributed by atoms with van der Waals surface area (Å²) in [6, 6.07) is 12.2. The molecule has 0 radical (unpaired) electrons. The summed E-state index contributed by atoms with van der Waals surface area (Å²) in [7, 11) is 0. The van der Waals surface area contributed by atoms with E-state index in [1.807, 2.05) is 29.7 Å². The lowest BCUT2D eigenvalue weighted by atomic mass is 10.2. The first kappa shape index (κ1) is 21.1. The molecule has 30 heavy (non-hydrogen) atoms. The molecule has 2 aromatic carbocycles. The van der Waals surface area contributed by atoms with Crippen molar-refractivity contribution in [1.29, 1.82) is 0 Å². The maximum absolute atomic E-state index is 12.3. The van der Waals surface area contributed by atoms with Gasteiger partial charge in [-0.1, -0.05) is 46.6 Å². The number of hydrogen-bond donors (Lipinski definition) is 1. The molecule has 0 bridgehead atoms. The molecular weight excluding hydrogens is 467 g/mol. The van der Waals surface area contributed by atoms with Gasteiger partial charge in [-0.05, 0) is 49.4 Å². The maximum atomic E-state index is 12.3. The number of hydrogen-bond acceptors (Lipinski definition) is 5. The molecule has 0 aliphatic rings. The van der Waals surface area contributed by atoms with Crippen LogP contribution in [-0.4, -0.2) is 26.4 Å². The first-order valence-electron chi connectivity index (χ1n) is 8.95. The lowest BCUT2D eigenvalue weighted by Gasteiger charge is -2.08. The van der Waals surface area contributed by atoms with E-state index in [-0.39, 0.29) is 11.7 Å². The van der Waals surface area contributed by atoms with Gasteiger partial charge in [0.25, 0.3) is 0 Å². The fourth-order valence-corrected chi connectivity index (χ4v) is 4.33. The van der Waals surface area contributed by atoms with Crippen LogP contribution in [0.25, 0.3) is 22.6 Å². The molecule has 2 heterocycles. The van der Waals surface area contributed by atoms with Crippen LogP contribution >= 0.6 is 46.6 Å². The summed E-state index contributed by atoms with van der Waals surface area (Å²) in [6.07, 6.45) is 0. The van der Waals surface area contributed by atoms with E-state index in [0.29, 0.717) is 49.6 Å². The lowest BCUT2D eigenvalue weighted by molar-refractivity contribution is -0.113. The Morgan fingerprint density at radius 3 is 2.63 bits per heavy atom. The van der Waals surface area contributed by atoms with Gasteiger partial charge in [0.15, 0.2) is 10.9 Å². The van der Waals surface area contributed by atoms with Crippen molar-refractivity contribution in [2.75, 3.05) is 11.1 Å². The number of aromatic nitrogens is 3. The molecule has 0 fully saturated rings. The molecule has 0 aliphatic heterocycles. The highest BCUT2D eigenvalue weighted by atomic mass is 35.5. The first-order valence-corrected chi connectivity index (χ1v) is 11.1. The molecule has 0 unspecified atom stereocenters. The van der Waals surface area contributed by atoms with Gasteiger partial charge >= 0.3 is 0 Å². The molecular formula is C20H15Cl3N4O2S. The summed E-state index contributed by atoms with van der Waals surface area (Å²) in [6.45, 7) is 2.59. The number of nitrogens with one attached hydrogen (secondary N) is 1. The highest BCUT2D eigenvalue weighted by Gasteiger charge is 2.18. The zero-order valence-electron chi connectivity index (χ0n) is 15.7. The molecule has 0 atom stereocenters. The first-order chi connectivity index (χ1) is 14.4. The van der Waals surface area contributed by atoms with Crippen LogP contribution < -0.4 is 5.32 Å². The second-order valence-corrected chi connectivity index (χ2v) is 8.53. The molecule has 10 heteroatoms. The van der Waals surface area contributed by atoms with Gasteiger partial charge in [0, 0.05) is 22.0 Å². The number of carbonyl (C=O) groups excluding carboxylic acids is 1. The van der Waals surface area contributed by atoms with Crippen LogP contribution in [0.4, 0.5) is 5.69 Å². The fourth-order valence-electron chi connectivity index (χ4n) is 2.89. The summed E-state index contributed by atoms with van der Waals surface area (Å²) >= 11 is 19.3. The average Bonchev–Trinajstić information content (AvgIpc) is 3.31. The van der Waals surface area contributed by atoms with Gasteiger partial charge in [-0.3, -0.25) is 9.36 Å². The van der Waals surface area contributed by atoms with Crippen LogP contribution in [0, 0.1) is 0 Å². The number of furan rings is 1. The lowest BCUT2D eigenvalue weighted by Crippen LogP contribution is -2.15. The normalized spacial score (nSPS) is 11.2. The van der Waals surface area contributed by atoms with Crippen LogP contribution in [0.5, 0.6) is 0 Å². The van der Waals surface area contributed by atoms with E-state index in [9.17, 15) is 4.79 Å². The Labute approximate surface area is 191 Å². The second-order valence-electron chi connectivity index (χ2n) is 6.30. The van der Waals surface area contributed by atoms with Gasteiger partial charge in [-0.2, -0.15) is 0 Å². The Morgan fingerprint density at radius 1 is 1.10 bits per heavy atom. The molecule has 0 saturated carbocycles. The monoisotopic (exact) mass is 480 g/mol. The van der Waals surface area contributed by atoms with E-state index >= 15 is 0 Å². The Kier molecular flexibility index (Phi) is 6.24. The van der Waals surface area contributed by atoms with Gasteiger partial charge in [-0.25, -0.2) is 0 Å². The van der Waals surface area contributed by atoms with Crippen LogP contribution in [0.1, 0.15) is 6.92 Å². The summed E-state index contributed by atoms with van der Waals surface area (Å²) in [4.78, 5) is 12.3. The van der Waals surface area contributed by atoms with Crippen LogP contribution in [0.2, 0.25) is 15.1 Å². The van der Waals surface area contributed by atoms with Crippen molar-refractivity contribution in [3.63, 3.8) is 0 Å². The zero-order valence-corrected chi connectivity index (χ0v) is 18.7. The van der Waals surface area contributed by atoms with Gasteiger partial charge in [0.2, 0.25) is 11.7 Å². The third-order valence-electron chi connectivity index (χ3n) is 4.27. The van der Waals surface area contributed by atoms with Gasteiger partial charge in [-0.15, -0.1) is 10.2 Å². The number of fused-ring (bicyclic) bond motifs is 1. The van der Waals surface area contributed by atoms with Crippen molar-refractivity contribution in [3.05, 3.63) is 57.5 Å². The number of thioether (sulfide) groups is 1. The predicted molar refractivity (Wildman–Crippen MR) is 122 cm³/mol. The van der Waals surface area contributed by atoms with Gasteiger partial charge < -0.3 is 9.73 Å².